The monoisotopic (exact) mass is 401 g/mol. The van der Waals surface area contributed by atoms with Crippen molar-refractivity contribution in [1.82, 2.24) is 0 Å². The fraction of sp³-hybridized carbons (Fsp3) is 0.167. The average Bonchev–Trinajstić information content (AvgIpc) is 3.21. The van der Waals surface area contributed by atoms with Crippen LogP contribution in [0.15, 0.2) is 96.0 Å². The van der Waals surface area contributed by atoms with Crippen LogP contribution in [0.4, 0.5) is 0 Å². The lowest BCUT2D eigenvalue weighted by molar-refractivity contribution is 0.810. The van der Waals surface area contributed by atoms with Gasteiger partial charge >= 0.3 is 0 Å². The highest BCUT2D eigenvalue weighted by molar-refractivity contribution is 5.99. The van der Waals surface area contributed by atoms with Gasteiger partial charge in [0.15, 0.2) is 0 Å². The number of allylic oxidation sites excluding steroid dienone is 1. The van der Waals surface area contributed by atoms with E-state index in [1.807, 2.05) is 0 Å². The molecule has 4 aromatic carbocycles. The summed E-state index contributed by atoms with van der Waals surface area (Å²) < 4.78 is 0. The second-order valence-electron chi connectivity index (χ2n) is 8.24. The molecule has 1 nitrogen and oxygen atoms in total. The normalized spacial score (nSPS) is 15.4. The predicted molar refractivity (Wildman–Crippen MR) is 134 cm³/mol. The van der Waals surface area contributed by atoms with E-state index in [2.05, 4.69) is 110 Å². The summed E-state index contributed by atoms with van der Waals surface area (Å²) in [7, 11) is 0. The van der Waals surface area contributed by atoms with Gasteiger partial charge in [-0.25, -0.2) is 0 Å². The van der Waals surface area contributed by atoms with Crippen LogP contribution in [0, 0.1) is 0 Å². The molecule has 0 amide bonds. The quantitative estimate of drug-likeness (QED) is 0.231. The maximum atomic E-state index is 4.78. The van der Waals surface area contributed by atoms with Crippen molar-refractivity contribution in [2.24, 2.45) is 4.99 Å². The van der Waals surface area contributed by atoms with Crippen LogP contribution in [0.2, 0.25) is 0 Å². The maximum Gasteiger partial charge on any atom is 0.0389 e. The fourth-order valence-electron chi connectivity index (χ4n) is 4.59. The Labute approximate surface area is 184 Å². The van der Waals surface area contributed by atoms with Gasteiger partial charge in [0.1, 0.15) is 0 Å². The van der Waals surface area contributed by atoms with E-state index in [4.69, 9.17) is 4.99 Å². The van der Waals surface area contributed by atoms with Gasteiger partial charge in [-0.05, 0) is 68.8 Å². The van der Waals surface area contributed by atoms with Crippen LogP contribution in [0.3, 0.4) is 0 Å². The number of nitrogens with zero attached hydrogens (tertiary/aromatic N) is 1. The Morgan fingerprint density at radius 2 is 1.48 bits per heavy atom. The van der Waals surface area contributed by atoms with Crippen LogP contribution in [-0.4, -0.2) is 12.8 Å². The standard InChI is InChI=1S/C30H27N/c1-2-3-17-31-21-26-18-23-13-7-8-14-24(23)19-29(26)30-27-16-10-9-15-25(27)20-28(30)22-11-5-4-6-12-22/h4-16,18-21,30H,2-3,17H2,1H3. The number of benzene rings is 4. The first-order valence-corrected chi connectivity index (χ1v) is 11.2. The summed E-state index contributed by atoms with van der Waals surface area (Å²) in [4.78, 5) is 4.78. The summed E-state index contributed by atoms with van der Waals surface area (Å²) >= 11 is 0. The third kappa shape index (κ3) is 3.84. The molecule has 4 aromatic rings. The molecule has 1 atom stereocenters. The van der Waals surface area contributed by atoms with Crippen molar-refractivity contribution in [3.8, 4) is 0 Å². The van der Waals surface area contributed by atoms with E-state index in [1.54, 1.807) is 0 Å². The van der Waals surface area contributed by atoms with Crippen molar-refractivity contribution in [3.05, 3.63) is 119 Å². The van der Waals surface area contributed by atoms with Crippen molar-refractivity contribution in [2.45, 2.75) is 25.7 Å². The van der Waals surface area contributed by atoms with Crippen LogP contribution in [0.5, 0.6) is 0 Å². The second kappa shape index (κ2) is 8.73. The van der Waals surface area contributed by atoms with Crippen LogP contribution in [0.25, 0.3) is 22.4 Å². The topological polar surface area (TPSA) is 12.4 Å². The van der Waals surface area contributed by atoms with E-state index >= 15 is 0 Å². The highest BCUT2D eigenvalue weighted by Crippen LogP contribution is 2.47. The summed E-state index contributed by atoms with van der Waals surface area (Å²) in [6, 6.07) is 32.9. The van der Waals surface area contributed by atoms with Crippen LogP contribution in [-0.2, 0) is 0 Å². The van der Waals surface area contributed by atoms with Crippen LogP contribution < -0.4 is 0 Å². The molecule has 0 aliphatic heterocycles. The molecule has 0 bridgehead atoms. The first-order chi connectivity index (χ1) is 15.3. The number of rotatable bonds is 6. The third-order valence-electron chi connectivity index (χ3n) is 6.17. The molecular weight excluding hydrogens is 374 g/mol. The minimum absolute atomic E-state index is 0.204. The first-order valence-electron chi connectivity index (χ1n) is 11.2. The zero-order valence-electron chi connectivity index (χ0n) is 18.0. The van der Waals surface area contributed by atoms with Gasteiger partial charge in [-0.1, -0.05) is 92.2 Å². The van der Waals surface area contributed by atoms with Gasteiger partial charge in [0.2, 0.25) is 0 Å². The molecular formula is C30H27N. The Balaban J connectivity index is 1.70. The number of fused-ring (bicyclic) bond motifs is 2. The Hall–Kier alpha value is -3.45. The van der Waals surface area contributed by atoms with E-state index in [9.17, 15) is 0 Å². The molecule has 31 heavy (non-hydrogen) atoms. The number of aliphatic imine (C=N–C) groups is 1. The van der Waals surface area contributed by atoms with Crippen LogP contribution in [0.1, 0.15) is 53.5 Å². The minimum atomic E-state index is 0.204. The number of hydrogen-bond acceptors (Lipinski definition) is 1. The minimum Gasteiger partial charge on any atom is -0.293 e. The van der Waals surface area contributed by atoms with E-state index < -0.39 is 0 Å². The molecule has 1 aliphatic rings. The van der Waals surface area contributed by atoms with E-state index in [-0.39, 0.29) is 5.92 Å². The van der Waals surface area contributed by atoms with Gasteiger partial charge < -0.3 is 0 Å². The van der Waals surface area contributed by atoms with Gasteiger partial charge in [0.25, 0.3) is 0 Å². The molecule has 0 heterocycles. The lowest BCUT2D eigenvalue weighted by atomic mass is 9.82. The molecule has 0 saturated heterocycles. The lowest BCUT2D eigenvalue weighted by Gasteiger charge is -2.21. The SMILES string of the molecule is CCCCN=Cc1cc2ccccc2cc1C1C(c2ccccc2)=Cc2ccccc21. The van der Waals surface area contributed by atoms with Gasteiger partial charge in [-0.3, -0.25) is 4.99 Å². The van der Waals surface area contributed by atoms with Crippen molar-refractivity contribution in [3.63, 3.8) is 0 Å². The average molecular weight is 402 g/mol. The molecule has 1 aliphatic carbocycles. The van der Waals surface area contributed by atoms with E-state index in [0.29, 0.717) is 0 Å². The number of unbranched alkanes of at least 4 members (excludes halogenated alkanes) is 1. The predicted octanol–water partition coefficient (Wildman–Crippen LogP) is 7.74. The number of hydrogen-bond donors (Lipinski definition) is 0. The van der Waals surface area contributed by atoms with E-state index in [0.717, 1.165) is 13.0 Å². The van der Waals surface area contributed by atoms with Gasteiger partial charge in [-0.2, -0.15) is 0 Å². The molecule has 0 spiro atoms. The molecule has 0 fully saturated rings. The lowest BCUT2D eigenvalue weighted by Crippen LogP contribution is -2.05. The smallest absolute Gasteiger partial charge is 0.0389 e. The Morgan fingerprint density at radius 1 is 0.774 bits per heavy atom. The molecule has 0 saturated carbocycles. The maximum absolute atomic E-state index is 4.78. The van der Waals surface area contributed by atoms with Gasteiger partial charge in [-0.15, -0.1) is 0 Å². The molecule has 0 aromatic heterocycles. The Morgan fingerprint density at radius 3 is 2.29 bits per heavy atom. The van der Waals surface area contributed by atoms with Crippen molar-refractivity contribution >= 4 is 28.6 Å². The van der Waals surface area contributed by atoms with Crippen LogP contribution >= 0.6 is 0 Å². The Bertz CT molecular complexity index is 1260. The summed E-state index contributed by atoms with van der Waals surface area (Å²) in [5.41, 5.74) is 7.89. The molecule has 1 heteroatoms. The van der Waals surface area contributed by atoms with Crippen molar-refractivity contribution in [1.29, 1.82) is 0 Å². The summed E-state index contributed by atoms with van der Waals surface area (Å²) in [5, 5.41) is 2.54. The highest BCUT2D eigenvalue weighted by atomic mass is 14.7. The zero-order chi connectivity index (χ0) is 21.0. The molecule has 1 unspecified atom stereocenters. The van der Waals surface area contributed by atoms with Crippen molar-refractivity contribution < 1.29 is 0 Å². The van der Waals surface area contributed by atoms with Gasteiger partial charge in [0.05, 0.1) is 0 Å². The van der Waals surface area contributed by atoms with Gasteiger partial charge in [0, 0.05) is 18.7 Å². The fourth-order valence-corrected chi connectivity index (χ4v) is 4.59. The van der Waals surface area contributed by atoms with E-state index in [1.165, 1.54) is 50.6 Å². The molecule has 0 radical (unpaired) electrons. The molecule has 152 valence electrons. The summed E-state index contributed by atoms with van der Waals surface area (Å²) in [6.45, 7) is 3.09. The first kappa shape index (κ1) is 19.5. The molecule has 5 rings (SSSR count). The summed E-state index contributed by atoms with van der Waals surface area (Å²) in [5.74, 6) is 0.204. The molecule has 0 N–H and O–H groups in total. The largest absolute Gasteiger partial charge is 0.293 e. The van der Waals surface area contributed by atoms with Crippen molar-refractivity contribution in [2.75, 3.05) is 6.54 Å². The zero-order valence-corrected chi connectivity index (χ0v) is 18.0. The summed E-state index contributed by atoms with van der Waals surface area (Å²) in [6.07, 6.45) is 6.75. The Kier molecular flexibility index (Phi) is 5.50. The second-order valence-corrected chi connectivity index (χ2v) is 8.24. The highest BCUT2D eigenvalue weighted by Gasteiger charge is 2.29. The third-order valence-corrected chi connectivity index (χ3v) is 6.17.